The molecular weight excluding hydrogens is 174 g/mol. The van der Waals surface area contributed by atoms with Crippen molar-refractivity contribution in [2.24, 2.45) is 4.99 Å². The molecule has 1 heterocycles. The lowest BCUT2D eigenvalue weighted by Gasteiger charge is -2.18. The van der Waals surface area contributed by atoms with Gasteiger partial charge in [-0.2, -0.15) is 0 Å². The summed E-state index contributed by atoms with van der Waals surface area (Å²) in [5, 5.41) is 0. The predicted molar refractivity (Wildman–Crippen MR) is 57.9 cm³/mol. The number of nitrogens with zero attached hydrogens (tertiary/aromatic N) is 1. The van der Waals surface area contributed by atoms with Gasteiger partial charge in [0.2, 0.25) is 0 Å². The molecule has 0 atom stereocenters. The van der Waals surface area contributed by atoms with Crippen LogP contribution in [-0.4, -0.2) is 12.3 Å². The lowest BCUT2D eigenvalue weighted by Crippen LogP contribution is -2.15. The van der Waals surface area contributed by atoms with Crippen molar-refractivity contribution in [3.63, 3.8) is 0 Å². The van der Waals surface area contributed by atoms with E-state index in [1.165, 1.54) is 0 Å². The van der Waals surface area contributed by atoms with Crippen molar-refractivity contribution in [3.05, 3.63) is 42.1 Å². The van der Waals surface area contributed by atoms with Crippen molar-refractivity contribution in [1.82, 2.24) is 0 Å². The second kappa shape index (κ2) is 4.09. The first-order chi connectivity index (χ1) is 6.92. The number of hydrogen-bond donors (Lipinski definition) is 0. The van der Waals surface area contributed by atoms with Gasteiger partial charge >= 0.3 is 0 Å². The summed E-state index contributed by atoms with van der Waals surface area (Å²) < 4.78 is 5.53. The zero-order chi connectivity index (χ0) is 9.80. The molecule has 0 unspecified atom stereocenters. The van der Waals surface area contributed by atoms with Crippen LogP contribution >= 0.6 is 0 Å². The molecule has 0 N–H and O–H groups in total. The van der Waals surface area contributed by atoms with Crippen molar-refractivity contribution >= 4 is 5.71 Å². The van der Waals surface area contributed by atoms with E-state index in [0.717, 1.165) is 30.1 Å². The van der Waals surface area contributed by atoms with E-state index in [9.17, 15) is 0 Å². The number of ether oxygens (including phenoxy) is 1. The van der Waals surface area contributed by atoms with Crippen LogP contribution in [0, 0.1) is 0 Å². The predicted octanol–water partition coefficient (Wildman–Crippen LogP) is 2.79. The molecule has 1 aliphatic rings. The minimum absolute atomic E-state index is 0.730. The minimum atomic E-state index is 0.730. The zero-order valence-electron chi connectivity index (χ0n) is 8.23. The van der Waals surface area contributed by atoms with Crippen LogP contribution in [0.2, 0.25) is 0 Å². The van der Waals surface area contributed by atoms with Crippen LogP contribution in [0.4, 0.5) is 0 Å². The van der Waals surface area contributed by atoms with E-state index in [1.807, 2.05) is 37.4 Å². The van der Waals surface area contributed by atoms with Crippen LogP contribution in [0.1, 0.15) is 18.9 Å². The molecule has 1 aromatic carbocycles. The Bertz CT molecular complexity index is 380. The van der Waals surface area contributed by atoms with E-state index < -0.39 is 0 Å². The van der Waals surface area contributed by atoms with Gasteiger partial charge in [0.05, 0.1) is 12.3 Å². The Kier molecular flexibility index (Phi) is 2.63. The van der Waals surface area contributed by atoms with Gasteiger partial charge in [0.25, 0.3) is 0 Å². The summed E-state index contributed by atoms with van der Waals surface area (Å²) in [4.78, 5) is 4.40. The Labute approximate surface area is 83.9 Å². The smallest absolute Gasteiger partial charge is 0.128 e. The monoisotopic (exact) mass is 187 g/mol. The average Bonchev–Trinajstić information content (AvgIpc) is 2.26. The zero-order valence-corrected chi connectivity index (χ0v) is 8.23. The number of hydrogen-bond acceptors (Lipinski definition) is 2. The van der Waals surface area contributed by atoms with E-state index in [4.69, 9.17) is 4.74 Å². The average molecular weight is 187 g/mol. The second-order valence-corrected chi connectivity index (χ2v) is 3.15. The molecule has 2 heteroatoms. The summed E-state index contributed by atoms with van der Waals surface area (Å²) in [7, 11) is 0. The summed E-state index contributed by atoms with van der Waals surface area (Å²) in [6.45, 7) is 2.70. The van der Waals surface area contributed by atoms with Gasteiger partial charge in [0, 0.05) is 18.2 Å². The highest BCUT2D eigenvalue weighted by atomic mass is 16.5. The standard InChI is InChI=1S/C12H13NO/c1-2-8-13-11-7-9-14-12-6-4-3-5-10(11)12/h2-6,8H,7,9H2,1H3. The first kappa shape index (κ1) is 9.00. The third-order valence-corrected chi connectivity index (χ3v) is 2.17. The molecule has 1 aliphatic heterocycles. The largest absolute Gasteiger partial charge is 0.492 e. The number of allylic oxidation sites excluding steroid dienone is 1. The second-order valence-electron chi connectivity index (χ2n) is 3.15. The Morgan fingerprint density at radius 1 is 1.36 bits per heavy atom. The van der Waals surface area contributed by atoms with Gasteiger partial charge in [0.15, 0.2) is 0 Å². The molecule has 2 nitrogen and oxygen atoms in total. The normalized spacial score (nSPS) is 18.2. The van der Waals surface area contributed by atoms with Crippen molar-refractivity contribution in [2.75, 3.05) is 6.61 Å². The fraction of sp³-hybridized carbons (Fsp3) is 0.250. The molecule has 0 bridgehead atoms. The van der Waals surface area contributed by atoms with Crippen molar-refractivity contribution in [1.29, 1.82) is 0 Å². The molecule has 0 aromatic heterocycles. The number of fused-ring (bicyclic) bond motifs is 1. The van der Waals surface area contributed by atoms with Crippen LogP contribution < -0.4 is 4.74 Å². The third-order valence-electron chi connectivity index (χ3n) is 2.17. The highest BCUT2D eigenvalue weighted by molar-refractivity contribution is 6.04. The molecule has 0 saturated heterocycles. The van der Waals surface area contributed by atoms with Crippen LogP contribution in [0.15, 0.2) is 41.5 Å². The summed E-state index contributed by atoms with van der Waals surface area (Å²) in [5.41, 5.74) is 2.24. The number of aliphatic imine (C=N–C) groups is 1. The fourth-order valence-corrected chi connectivity index (χ4v) is 1.52. The minimum Gasteiger partial charge on any atom is -0.492 e. The van der Waals surface area contributed by atoms with Gasteiger partial charge in [-0.1, -0.05) is 18.2 Å². The Hall–Kier alpha value is -1.57. The maximum Gasteiger partial charge on any atom is 0.128 e. The number of rotatable bonds is 1. The number of benzene rings is 1. The van der Waals surface area contributed by atoms with Gasteiger partial charge < -0.3 is 4.74 Å². The van der Waals surface area contributed by atoms with Gasteiger partial charge in [-0.15, -0.1) is 0 Å². The van der Waals surface area contributed by atoms with Gasteiger partial charge in [0.1, 0.15) is 5.75 Å². The van der Waals surface area contributed by atoms with Gasteiger partial charge in [-0.25, -0.2) is 0 Å². The first-order valence-electron chi connectivity index (χ1n) is 4.82. The molecular formula is C12H13NO. The van der Waals surface area contributed by atoms with Crippen LogP contribution in [-0.2, 0) is 0 Å². The third kappa shape index (κ3) is 1.69. The van der Waals surface area contributed by atoms with E-state index in [0.29, 0.717) is 0 Å². The van der Waals surface area contributed by atoms with E-state index in [-0.39, 0.29) is 0 Å². The molecule has 2 rings (SSSR count). The molecule has 0 fully saturated rings. The highest BCUT2D eigenvalue weighted by Crippen LogP contribution is 2.24. The first-order valence-corrected chi connectivity index (χ1v) is 4.82. The number of para-hydroxylation sites is 1. The molecule has 0 amide bonds. The maximum absolute atomic E-state index is 5.53. The highest BCUT2D eigenvalue weighted by Gasteiger charge is 2.14. The lowest BCUT2D eigenvalue weighted by atomic mass is 10.0. The van der Waals surface area contributed by atoms with Gasteiger partial charge in [-0.3, -0.25) is 4.99 Å². The maximum atomic E-state index is 5.53. The molecule has 0 aliphatic carbocycles. The molecule has 0 radical (unpaired) electrons. The molecule has 0 spiro atoms. The molecule has 1 aromatic rings. The van der Waals surface area contributed by atoms with Crippen LogP contribution in [0.25, 0.3) is 0 Å². The summed E-state index contributed by atoms with van der Waals surface area (Å²) in [5.74, 6) is 0.946. The van der Waals surface area contributed by atoms with Crippen molar-refractivity contribution in [2.45, 2.75) is 13.3 Å². The fourth-order valence-electron chi connectivity index (χ4n) is 1.52. The summed E-state index contributed by atoms with van der Waals surface area (Å²) >= 11 is 0. The topological polar surface area (TPSA) is 21.6 Å². The van der Waals surface area contributed by atoms with E-state index >= 15 is 0 Å². The van der Waals surface area contributed by atoms with Gasteiger partial charge in [-0.05, 0) is 19.1 Å². The molecule has 14 heavy (non-hydrogen) atoms. The van der Waals surface area contributed by atoms with E-state index in [2.05, 4.69) is 11.1 Å². The lowest BCUT2D eigenvalue weighted by molar-refractivity contribution is 0.320. The Morgan fingerprint density at radius 3 is 3.07 bits per heavy atom. The van der Waals surface area contributed by atoms with E-state index in [1.54, 1.807) is 0 Å². The van der Waals surface area contributed by atoms with Crippen LogP contribution in [0.5, 0.6) is 5.75 Å². The van der Waals surface area contributed by atoms with Crippen molar-refractivity contribution in [3.8, 4) is 5.75 Å². The Morgan fingerprint density at radius 2 is 2.21 bits per heavy atom. The van der Waals surface area contributed by atoms with Crippen LogP contribution in [0.3, 0.4) is 0 Å². The SMILES string of the molecule is CC=CN=C1CCOc2ccccc21. The quantitative estimate of drug-likeness (QED) is 0.662. The summed E-state index contributed by atoms with van der Waals surface area (Å²) in [6, 6.07) is 8.03. The summed E-state index contributed by atoms with van der Waals surface area (Å²) in [6.07, 6.45) is 4.66. The van der Waals surface area contributed by atoms with Crippen molar-refractivity contribution < 1.29 is 4.74 Å². The molecule has 72 valence electrons. The Balaban J connectivity index is 2.40. The molecule has 0 saturated carbocycles.